The van der Waals surface area contributed by atoms with Crippen molar-refractivity contribution in [2.75, 3.05) is 100.0 Å². The van der Waals surface area contributed by atoms with E-state index in [1.54, 1.807) is 27.7 Å². The van der Waals surface area contributed by atoms with Gasteiger partial charge in [0.05, 0.1) is 110 Å². The van der Waals surface area contributed by atoms with Crippen LogP contribution in [0.2, 0.25) is 0 Å². The van der Waals surface area contributed by atoms with Crippen molar-refractivity contribution in [2.24, 2.45) is 16.0 Å². The Kier molecular flexibility index (Phi) is 10.6. The summed E-state index contributed by atoms with van der Waals surface area (Å²) in [4.78, 5) is 90.4. The maximum absolute atomic E-state index is 11.7. The highest BCUT2D eigenvalue weighted by molar-refractivity contribution is 7.86. The van der Waals surface area contributed by atoms with Gasteiger partial charge in [-0.05, 0) is 58.0 Å². The van der Waals surface area contributed by atoms with Gasteiger partial charge in [0, 0.05) is 230 Å². The molecule has 0 radical (unpaired) electrons. The first kappa shape index (κ1) is 21.2. The number of nitrogens with zero attached hydrogens (tertiary/aromatic N) is 10. The lowest BCUT2D eigenvalue weighted by Gasteiger charge is -2.21. The highest BCUT2D eigenvalue weighted by atomic mass is 35.5. The number of nitrogens with two attached hydrogens (primary N) is 1. The number of carbonyl (C=O) groups is 7. The third-order valence-electron chi connectivity index (χ3n) is 11.1. The molecule has 0 aliphatic carbocycles. The lowest BCUT2D eigenvalue weighted by molar-refractivity contribution is -0.146. The number of rotatable bonds is 13. The summed E-state index contributed by atoms with van der Waals surface area (Å²) in [6.07, 6.45) is -0.492. The van der Waals surface area contributed by atoms with Crippen LogP contribution in [0.1, 0.15) is 235 Å². The van der Waals surface area contributed by atoms with E-state index < -0.39 is 70.7 Å². The monoisotopic (exact) mass is 1400 g/mol. The van der Waals surface area contributed by atoms with Gasteiger partial charge in [-0.25, -0.2) is 28.8 Å². The Morgan fingerprint density at radius 3 is 1.43 bits per heavy atom. The Morgan fingerprint density at radius 2 is 1.04 bits per heavy atom. The quantitative estimate of drug-likeness (QED) is 0.0285. The predicted molar refractivity (Wildman–Crippen MR) is 396 cm³/mol. The van der Waals surface area contributed by atoms with Crippen LogP contribution < -0.4 is 11.1 Å². The molecular weight excluding hydrogens is 1080 g/mol. The summed E-state index contributed by atoms with van der Waals surface area (Å²) in [5, 5.41) is 36.9. The normalized spacial score (nSPS) is 30.9. The van der Waals surface area contributed by atoms with Gasteiger partial charge < -0.3 is 69.3 Å². The van der Waals surface area contributed by atoms with Gasteiger partial charge >= 0.3 is 42.3 Å². The van der Waals surface area contributed by atoms with Crippen LogP contribution in [0.15, 0.2) is 10.2 Å². The summed E-state index contributed by atoms with van der Waals surface area (Å²) in [7, 11) is 0.120. The summed E-state index contributed by atoms with van der Waals surface area (Å²) < 4.78 is 640. The van der Waals surface area contributed by atoms with Gasteiger partial charge in [0.25, 0.3) is 10.1 Å². The molecule has 5 saturated heterocycles. The van der Waals surface area contributed by atoms with Gasteiger partial charge in [0.2, 0.25) is 0 Å². The summed E-state index contributed by atoms with van der Waals surface area (Å²) in [6.45, 7) is 9.00. The number of hydrogen-bond donors (Lipinski definition) is 5. The Labute approximate surface area is 634 Å². The number of β-amino-alcohol motifs (C(OH)–C–C–N with tert-alkyl or cyclic N) is 1. The van der Waals surface area contributed by atoms with Crippen molar-refractivity contribution >= 4 is 77.2 Å². The van der Waals surface area contributed by atoms with E-state index in [0.29, 0.717) is 52.1 Å². The molecule has 6 N–H and O–H groups in total. The second kappa shape index (κ2) is 38.0. The van der Waals surface area contributed by atoms with E-state index >= 15 is 0 Å². The zero-order chi connectivity index (χ0) is 172. The Morgan fingerprint density at radius 1 is 0.645 bits per heavy atom. The number of azide groups is 2. The molecule has 32 nitrogen and oxygen atoms in total. The van der Waals surface area contributed by atoms with Crippen molar-refractivity contribution in [1.29, 1.82) is 0 Å². The van der Waals surface area contributed by atoms with Gasteiger partial charge in [-0.2, -0.15) is 8.42 Å². The zero-order valence-electron chi connectivity index (χ0n) is 160. The fourth-order valence-corrected chi connectivity index (χ4v) is 8.50. The number of aliphatic hydroxyl groups excluding tert-OH is 3. The van der Waals surface area contributed by atoms with Gasteiger partial charge in [0.1, 0.15) is 18.1 Å². The van der Waals surface area contributed by atoms with Crippen LogP contribution >= 0.6 is 24.8 Å². The molecule has 76 heavy (non-hydrogen) atoms. The van der Waals surface area contributed by atoms with Crippen molar-refractivity contribution in [3.05, 3.63) is 20.9 Å². The second-order valence-corrected chi connectivity index (χ2v) is 18.0. The van der Waals surface area contributed by atoms with Crippen LogP contribution in [0.4, 0.5) is 19.2 Å². The van der Waals surface area contributed by atoms with Gasteiger partial charge in [0.15, 0.2) is 0 Å². The van der Waals surface area contributed by atoms with Crippen LogP contribution in [-0.2, 0) is 61.8 Å². The maximum atomic E-state index is 11.7. The number of hydrogen-bond acceptors (Lipinski definition) is 24. The van der Waals surface area contributed by atoms with Crippen molar-refractivity contribution in [3.8, 4) is 0 Å². The molecule has 4 amide bonds. The van der Waals surface area contributed by atoms with Crippen molar-refractivity contribution in [1.82, 2.24) is 24.9 Å². The second-order valence-electron chi connectivity index (χ2n) is 16.4. The van der Waals surface area contributed by atoms with Crippen LogP contribution in [0.5, 0.6) is 0 Å². The number of amides is 4. The van der Waals surface area contributed by atoms with E-state index in [9.17, 15) is 42.0 Å². The minimum Gasteiger partial charge on any atom is -0.468 e. The molecular formula is C41H194Cl2N12O20S. The Bertz CT molecular complexity index is 2230. The average molecular weight is 1400 g/mol. The summed E-state index contributed by atoms with van der Waals surface area (Å²) in [5.74, 6) is -1.46. The number of aliphatic hydroxyl groups is 3. The molecule has 0 spiro atoms. The number of nitrogens with one attached hydrogen (secondary N) is 1. The van der Waals surface area contributed by atoms with E-state index in [0.717, 1.165) is 11.2 Å². The Hall–Kier alpha value is -5.60. The molecule has 5 fully saturated rings. The zero-order valence-corrected chi connectivity index (χ0v) is 46.1. The van der Waals surface area contributed by atoms with Gasteiger partial charge in [-0.1, -0.05) is 10.2 Å². The minimum atomic E-state index is -3.66. The molecule has 5 aliphatic heterocycles. The number of ether oxygens (including phenoxy) is 7. The maximum Gasteiger partial charge on any atom is 0.410 e. The first-order chi connectivity index (χ1) is 93.1. The van der Waals surface area contributed by atoms with E-state index in [-0.39, 0.29) is 122 Å². The van der Waals surface area contributed by atoms with Gasteiger partial charge in [-0.15, -0.1) is 24.8 Å². The molecule has 0 aromatic heterocycles. The lowest BCUT2D eigenvalue weighted by atomic mass is 10.2. The molecule has 5 aliphatic rings. The molecule has 0 saturated carbocycles. The van der Waals surface area contributed by atoms with E-state index in [2.05, 4.69) is 39.6 Å². The smallest absolute Gasteiger partial charge is 0.410 e. The minimum absolute atomic E-state index is 0. The van der Waals surface area contributed by atoms with Crippen LogP contribution in [0, 0.1) is 0 Å². The summed E-state index contributed by atoms with van der Waals surface area (Å²) in [5.41, 5.74) is 22.3. The van der Waals surface area contributed by atoms with E-state index in [4.69, 9.17) is 227 Å². The topological polar surface area (TPSA) is 437 Å². The SMILES string of the molecule is CCOC(=O)N1C[C@@H](OS(C)(=O)=O)C[C@@H]1C(=O)OC.CCOC(=O)N1C[C@H](N)C[C@@H]1CO.CCOC(=O)N1C[C@H](N=[N+]=[N-])C[C@@H]1C(=O)OC.CCOC(=O)N1C[C@H](N=[N+]=[N-])C[C@@H]1CO.COC(=O)[C@H]1C[C@H](O)CN1.Cl.Cl.[2HH].[2HH].[2H][2H].[2H][2H].[2H][2H].[2H][2H].[2H][2H].[2H][2H].[2H][2H].[2H][2H].[2H][2H].[2H][2H].[2H][2H].[2H][2H].[2H][2H].[2H][2H].[2H][2H].[2H][2H].[2H][2H].[2H][2H].[2H][2H].[2H][2H].[2H][2H].[2H][2H].[2H][2H].[2H][2H].[2H][2H].[2H][2H].[2H][2H].[2H][2H].[2H][2H].[2H][2H].[2H][2H].[2H][2H].[2H][2H].[2H][2H].[2H][2H].[2H][2H].[2H][2H].[2H][2H].[2H][2H].[2H][2H].[2H][2H].[2H][2H].[2H][2H].[2H][2H].[2H][2H].[2H][2H].[2H][2H].[2H][2H].[2H][2H].[2H][2H].[2H][2H].[2H][2H].[2H][2H].[2H][2H].[2H][2H].[2H][2H].[2H][2H].[2H][2H]. The number of esters is 3. The molecule has 0 bridgehead atoms. The predicted octanol–water partition coefficient (Wildman–Crippen LogP) is 15.7. The van der Waals surface area contributed by atoms with E-state index in [1.165, 1.54) is 36.0 Å². The first-order valence-electron chi connectivity index (χ1n) is 81.4. The first-order valence-corrected chi connectivity index (χ1v) is 25.2. The molecule has 10 atom stereocenters. The number of likely N-dealkylation sites (tertiary alicyclic amines) is 4. The third kappa shape index (κ3) is 24.6. The number of carbonyl (C=O) groups excluding carboxylic acids is 7. The molecule has 5 rings (SSSR count). The van der Waals surface area contributed by atoms with Crippen molar-refractivity contribution < 1.29 is 270 Å². The highest BCUT2D eigenvalue weighted by Gasteiger charge is 2.44. The largest absolute Gasteiger partial charge is 0.468 e. The molecule has 35 heteroatoms. The third-order valence-corrected chi connectivity index (χ3v) is 11.7. The lowest BCUT2D eigenvalue weighted by Crippen LogP contribution is -2.41. The molecule has 5 heterocycles. The molecule has 558 valence electrons. The standard InChI is InChI=1S/C10H17NO7S.C9H14N4O4.C8H14N4O3.C8H16N2O3.C6H11NO3.2ClH.60H2/c1-4-17-10(13)11-6-7(18-19(3,14)15)5-8(11)9(12)16-2;1-3-17-9(15)13-5-6(11-12-10)4-7(13)8(14)16-2;1-2-15-8(14)12-4-6(10-11-9)3-7(12)5-13;1-2-13-8(12)10-4-6(9)3-7(10)5-11;1-10-6(9)5-2-4(8)3-7-5;;;;;;;;;;;;;;;;;;;;;;;;;;;;;;;;;;;;;;;;;;;;;;;;;;;;;;;;;;;;;;/h7-8H,4-6H2,1-3H3;6-7H,3-5H2,1-2H3;6-7,13H,2-5H2,1H3;6-7,11H,2-5,9H2,1H3;4-5,7-8H,2-3H2,1H3;62*1H/t7-,8+;3*6-,7-;4-,5+;;;;;;;;;;;;;;;;;;;;;;;;;;;;;;;;;;;;;;;;;;;;;;;;;;;;;;;;;;;;;;/m01110............................................................../s1/i;;;;;;;58*1+1D;2*1+1. The van der Waals surface area contributed by atoms with Crippen molar-refractivity contribution in [3.63, 3.8) is 0 Å². The Balaban J connectivity index is -0.0000000158. The molecule has 0 unspecified atom stereocenters. The van der Waals surface area contributed by atoms with Gasteiger partial charge in [-0.3, -0.25) is 18.8 Å². The van der Waals surface area contributed by atoms with Crippen LogP contribution in [0.25, 0.3) is 20.9 Å². The average Bonchev–Trinajstić information content (AvgIpc) is 1.67. The van der Waals surface area contributed by atoms with Crippen molar-refractivity contribution in [2.45, 2.75) is 120 Å². The fraction of sp³-hybridized carbons (Fsp3) is 0.829. The van der Waals surface area contributed by atoms with Crippen LogP contribution in [-0.4, -0.2) is 246 Å². The summed E-state index contributed by atoms with van der Waals surface area (Å²) >= 11 is 0. The highest BCUT2D eigenvalue weighted by Crippen LogP contribution is 2.25. The van der Waals surface area contributed by atoms with E-state index in [1.807, 2.05) is 0 Å². The fourth-order valence-electron chi connectivity index (χ4n) is 7.87. The summed E-state index contributed by atoms with van der Waals surface area (Å²) in [6, 6.07) is -3.15. The van der Waals surface area contributed by atoms with Crippen LogP contribution in [0.3, 0.4) is 0 Å². The number of methoxy groups -OCH3 is 3. The molecule has 0 aromatic carbocycles. The number of halogens is 2. The molecule has 0 aromatic rings.